The average Bonchev–Trinajstić information content (AvgIpc) is 0.848. The van der Waals surface area contributed by atoms with Crippen molar-refractivity contribution in [1.82, 2.24) is 29.6 Å². The van der Waals surface area contributed by atoms with Crippen LogP contribution in [-0.2, 0) is 0 Å². The Balaban J connectivity index is 0.000000276. The van der Waals surface area contributed by atoms with Gasteiger partial charge < -0.3 is 60.6 Å². The van der Waals surface area contributed by atoms with Crippen LogP contribution in [0.4, 0.5) is 22.7 Å². The van der Waals surface area contributed by atoms with Gasteiger partial charge in [-0.05, 0) is 247 Å². The van der Waals surface area contributed by atoms with Crippen LogP contribution in [0.25, 0.3) is 16.6 Å². The molecule has 26 heteroatoms. The van der Waals surface area contributed by atoms with E-state index in [1.807, 2.05) is 87.5 Å². The van der Waals surface area contributed by atoms with Crippen molar-refractivity contribution in [2.75, 3.05) is 122 Å². The second-order valence-electron chi connectivity index (χ2n) is 25.8. The summed E-state index contributed by atoms with van der Waals surface area (Å²) >= 11 is 8.58. The normalized spacial score (nSPS) is 14.7. The Hall–Kier alpha value is -6.00. The summed E-state index contributed by atoms with van der Waals surface area (Å²) in [6.45, 7) is 21.7. The van der Waals surface area contributed by atoms with Crippen molar-refractivity contribution in [2.45, 2.75) is 149 Å². The minimum Gasteiger partial charge on any atom is -0.494 e. The van der Waals surface area contributed by atoms with Gasteiger partial charge in [-0.2, -0.15) is 0 Å². The topological polar surface area (TPSA) is 289 Å². The molecule has 4 aliphatic rings. The molecule has 0 bridgehead atoms. The summed E-state index contributed by atoms with van der Waals surface area (Å²) in [6, 6.07) is 38.4. The predicted molar refractivity (Wildman–Crippen MR) is 443 cm³/mol. The number of hydrogen-bond acceptors (Lipinski definition) is 18. The van der Waals surface area contributed by atoms with Crippen molar-refractivity contribution < 1.29 is 57.1 Å². The molecule has 0 amide bonds. The smallest absolute Gasteiger partial charge is 0.269 e. The Morgan fingerprint density at radius 1 is 0.533 bits per heavy atom. The largest absolute Gasteiger partial charge is 0.494 e. The summed E-state index contributed by atoms with van der Waals surface area (Å²) in [5.41, 5.74) is 16.0. The number of aromatic carboxylic acids is 1. The number of carboxylic acid groups (broad SMARTS) is 1. The number of aliphatic hydroxyl groups is 1. The summed E-state index contributed by atoms with van der Waals surface area (Å²) in [6.07, 6.45) is 25.9. The third-order valence-corrected chi connectivity index (χ3v) is 18.0. The summed E-state index contributed by atoms with van der Waals surface area (Å²) in [5, 5.41) is 41.4. The first-order chi connectivity index (χ1) is 51.0. The minimum absolute atomic E-state index is 0.0349. The minimum atomic E-state index is -0.980. The van der Waals surface area contributed by atoms with E-state index in [2.05, 4.69) is 78.2 Å². The van der Waals surface area contributed by atoms with Gasteiger partial charge in [0.1, 0.15) is 28.8 Å². The molecular weight excluding hydrogens is 1740 g/mol. The molecule has 4 saturated heterocycles. The molecule has 0 aliphatic carbocycles. The third kappa shape index (κ3) is 39.1. The van der Waals surface area contributed by atoms with Crippen LogP contribution in [0.15, 0.2) is 138 Å². The fourth-order valence-electron chi connectivity index (χ4n) is 11.9. The number of anilines is 2. The Morgan fingerprint density at radius 2 is 0.886 bits per heavy atom. The number of aromatic nitrogens is 2. The number of nitrogens with one attached hydrogen (secondary N) is 1. The molecule has 7 N–H and O–H groups in total. The molecule has 5 heterocycles. The van der Waals surface area contributed by atoms with Crippen LogP contribution in [0.3, 0.4) is 0 Å². The number of nitro benzene ring substituents is 2. The third-order valence-electron chi connectivity index (χ3n) is 17.5. The average molecular weight is 1860 g/mol. The summed E-state index contributed by atoms with van der Waals surface area (Å²) < 4.78 is 24.3. The number of aliphatic hydroxyl groups excluding tert-OH is 1. The molecule has 580 valence electrons. The number of likely N-dealkylation sites (tertiary alicyclic amines) is 3. The van der Waals surface area contributed by atoms with Gasteiger partial charge in [0.2, 0.25) is 0 Å². The molecule has 1 aromatic heterocycles. The molecule has 0 atom stereocenters. The summed E-state index contributed by atoms with van der Waals surface area (Å²) in [5.74, 6) is 2.82. The quantitative estimate of drug-likeness (QED) is 0.00993. The van der Waals surface area contributed by atoms with Gasteiger partial charge in [-0.25, -0.2) is 9.78 Å². The zero-order chi connectivity index (χ0) is 76.2. The van der Waals surface area contributed by atoms with Gasteiger partial charge in [0, 0.05) is 67.7 Å². The number of nitrogens with two attached hydrogens (primary N) is 2. The number of halogens is 4. The Labute approximate surface area is 660 Å². The maximum Gasteiger partial charge on any atom is 0.269 e. The standard InChI is InChI=1S/C25H31N3O2.C15H22N2O3.C15H24N2O.C9H10BrNO3.C8H9NO2.C6H13N.CH4O.I3/c1-19-8-13-24-23(18-19)25(29)28(20(2)26-24)21-9-11-22(12-10-21)30-17-7-16-27-14-5-3-4-6-15-27;18-17(19)14-6-8-15(9-7-14)20-13-5-12-16-10-3-1-2-4-11-16;16-14-6-8-15(9-7-14)18-13-5-12-17-10-3-1-2-4-11-17;10-6-1-7-14-9-4-2-8(3-5-9)11(12)13;1-5-2-3-7(9)6(4-5)8(10)11;1-2-4-6-7-5-3-1;1-2;1-3-2/h8-13,18H,3-7,14-17H2,1-2H3;6-9H,1-5,10-13H2;6-9H,1-5,10-13,16H2;2-5H,1,6-7H2;2-4H,9H2,1H3,(H,10,11);7H,1-6H2;2H,1H3;/q;;;;;;;-1. The van der Waals surface area contributed by atoms with Crippen LogP contribution in [0.5, 0.6) is 23.0 Å². The second kappa shape index (κ2) is 56.3. The molecule has 4 fully saturated rings. The molecule has 0 unspecified atom stereocenters. The first-order valence-electron chi connectivity index (χ1n) is 36.8. The van der Waals surface area contributed by atoms with E-state index >= 15 is 0 Å². The van der Waals surface area contributed by atoms with Crippen molar-refractivity contribution in [1.29, 1.82) is 0 Å². The van der Waals surface area contributed by atoms with Crippen molar-refractivity contribution in [3.8, 4) is 28.7 Å². The molecule has 22 nitrogen and oxygen atoms in total. The second-order valence-corrected chi connectivity index (χ2v) is 42.8. The number of rotatable bonds is 23. The molecule has 11 rings (SSSR count). The molecule has 105 heavy (non-hydrogen) atoms. The summed E-state index contributed by atoms with van der Waals surface area (Å²) in [4.78, 5) is 55.8. The first-order valence-corrected chi connectivity index (χ1v) is 50.5. The number of benzene rings is 6. The van der Waals surface area contributed by atoms with E-state index < -0.39 is 15.8 Å². The van der Waals surface area contributed by atoms with Gasteiger partial charge in [0.15, 0.2) is 0 Å². The number of carbonyl (C=O) groups is 1. The van der Waals surface area contributed by atoms with E-state index in [1.165, 1.54) is 179 Å². The van der Waals surface area contributed by atoms with Gasteiger partial charge in [-0.1, -0.05) is 90.6 Å². The monoisotopic (exact) mass is 1850 g/mol. The van der Waals surface area contributed by atoms with E-state index in [4.69, 9.17) is 40.6 Å². The number of nitrogen functional groups attached to an aromatic ring is 2. The van der Waals surface area contributed by atoms with E-state index in [1.54, 1.807) is 47.0 Å². The van der Waals surface area contributed by atoms with Crippen LogP contribution in [0, 0.1) is 41.0 Å². The fraction of sp³-hybridized carbons (Fsp3) is 0.506. The molecule has 0 saturated carbocycles. The molecule has 4 aliphatic heterocycles. The van der Waals surface area contributed by atoms with Gasteiger partial charge in [0.05, 0.1) is 58.4 Å². The molecular formula is C79H113BrI3N10O12-. The van der Waals surface area contributed by atoms with Gasteiger partial charge in [-0.3, -0.25) is 29.6 Å². The number of non-ortho nitro benzene ring substituents is 2. The van der Waals surface area contributed by atoms with Gasteiger partial charge in [-0.15, -0.1) is 0 Å². The van der Waals surface area contributed by atoms with Crippen molar-refractivity contribution >= 4 is 92.8 Å². The number of nitrogens with zero attached hydrogens (tertiary/aromatic N) is 7. The van der Waals surface area contributed by atoms with Crippen molar-refractivity contribution in [3.05, 3.63) is 187 Å². The number of aryl methyl sites for hydroxylation is 3. The number of ether oxygens (including phenoxy) is 4. The molecule has 0 spiro atoms. The number of alkyl halides is 1. The van der Waals surface area contributed by atoms with E-state index in [0.29, 0.717) is 61.5 Å². The fourth-order valence-corrected chi connectivity index (χ4v) is 12.1. The summed E-state index contributed by atoms with van der Waals surface area (Å²) in [7, 11) is 1.00. The Morgan fingerprint density at radius 3 is 1.26 bits per heavy atom. The number of fused-ring (bicyclic) bond motifs is 1. The zero-order valence-corrected chi connectivity index (χ0v) is 70.0. The van der Waals surface area contributed by atoms with Crippen molar-refractivity contribution in [3.63, 3.8) is 0 Å². The molecule has 6 aromatic carbocycles. The maximum absolute atomic E-state index is 13.1. The SMILES string of the molecule is C1CCCNCC1.CO.Cc1ccc(N)c(C(=O)O)c1.Cc1ccc2nc(C)n(-c3ccc(OCCCN4CCCCCC4)cc3)c(=O)c2c1.I[I-]I.Nc1ccc(OCCCN2CCCCCC2)cc1.O=[N+]([O-])c1ccc(OCCCBr)cc1.O=[N+]([O-])c1ccc(OCCCN2CCCCCC2)cc1. The van der Waals surface area contributed by atoms with E-state index in [9.17, 15) is 29.8 Å². The van der Waals surface area contributed by atoms with Crippen LogP contribution in [0.1, 0.15) is 156 Å². The van der Waals surface area contributed by atoms with E-state index in [-0.39, 0.29) is 22.5 Å². The molecule has 7 aromatic rings. The van der Waals surface area contributed by atoms with Gasteiger partial charge >= 0.3 is 56.5 Å². The first kappa shape index (κ1) is 91.4. The van der Waals surface area contributed by atoms with Crippen LogP contribution in [0.2, 0.25) is 0 Å². The van der Waals surface area contributed by atoms with E-state index in [0.717, 1.165) is 104 Å². The maximum atomic E-state index is 13.1. The van der Waals surface area contributed by atoms with Crippen molar-refractivity contribution in [2.24, 2.45) is 0 Å². The number of nitro groups is 2. The number of hydrogen-bond donors (Lipinski definition) is 5. The number of carboxylic acids is 1. The van der Waals surface area contributed by atoms with Crippen LogP contribution >= 0.6 is 53.2 Å². The Kier molecular flexibility index (Phi) is 49.0. The van der Waals surface area contributed by atoms with Crippen LogP contribution < -0.4 is 54.5 Å². The van der Waals surface area contributed by atoms with Crippen LogP contribution in [-0.4, -0.2) is 161 Å². The predicted octanol–water partition coefficient (Wildman–Crippen LogP) is 14.4. The van der Waals surface area contributed by atoms with Gasteiger partial charge in [0.25, 0.3) is 16.9 Å². The molecule has 0 radical (unpaired) electrons. The zero-order valence-electron chi connectivity index (χ0n) is 61.9. The Bertz CT molecular complexity index is 3530.